The molecule has 7 nitrogen and oxygen atoms in total. The third kappa shape index (κ3) is 4.06. The number of nitro benzene ring substituents is 2. The molecule has 7 heteroatoms. The van der Waals surface area contributed by atoms with Gasteiger partial charge in [-0.25, -0.2) is 0 Å². The van der Waals surface area contributed by atoms with Gasteiger partial charge in [-0.1, -0.05) is 13.0 Å². The number of allylic oxidation sites excluding steroid dienone is 1. The molecule has 104 valence electrons. The third-order valence-electron chi connectivity index (χ3n) is 2.50. The number of nitrogens with zero attached hydrogens (tertiary/aromatic N) is 2. The predicted octanol–water partition coefficient (Wildman–Crippen LogP) is 3.28. The van der Waals surface area contributed by atoms with Crippen molar-refractivity contribution in [3.8, 4) is 0 Å². The van der Waals surface area contributed by atoms with Crippen LogP contribution in [0.1, 0.15) is 24.5 Å². The lowest BCUT2D eigenvalue weighted by molar-refractivity contribution is -0.392. The summed E-state index contributed by atoms with van der Waals surface area (Å²) in [5.41, 5.74) is 4.99. The molecule has 0 spiro atoms. The first kappa shape index (κ1) is 16.6. The number of anilines is 1. The van der Waals surface area contributed by atoms with Crippen LogP contribution in [0, 0.1) is 34.1 Å². The van der Waals surface area contributed by atoms with Crippen LogP contribution in [0.2, 0.25) is 0 Å². The zero-order chi connectivity index (χ0) is 15.2. The van der Waals surface area contributed by atoms with Crippen molar-refractivity contribution in [1.29, 1.82) is 0 Å². The van der Waals surface area contributed by atoms with E-state index in [0.717, 1.165) is 6.42 Å². The van der Waals surface area contributed by atoms with E-state index in [2.05, 4.69) is 13.5 Å². The van der Waals surface area contributed by atoms with Gasteiger partial charge in [-0.15, -0.1) is 6.58 Å². The van der Waals surface area contributed by atoms with E-state index in [4.69, 9.17) is 5.73 Å². The van der Waals surface area contributed by atoms with Crippen molar-refractivity contribution in [2.45, 2.75) is 27.2 Å². The van der Waals surface area contributed by atoms with Crippen molar-refractivity contribution < 1.29 is 9.85 Å². The quantitative estimate of drug-likeness (QED) is 0.390. The van der Waals surface area contributed by atoms with Gasteiger partial charge in [-0.2, -0.15) is 0 Å². The summed E-state index contributed by atoms with van der Waals surface area (Å²) in [5, 5.41) is 21.2. The van der Waals surface area contributed by atoms with Gasteiger partial charge in [0.1, 0.15) is 0 Å². The summed E-state index contributed by atoms with van der Waals surface area (Å²) in [6, 6.07) is 1.23. The highest BCUT2D eigenvalue weighted by molar-refractivity contribution is 5.75. The minimum absolute atomic E-state index is 0.350. The van der Waals surface area contributed by atoms with Crippen LogP contribution in [0.5, 0.6) is 0 Å². The van der Waals surface area contributed by atoms with E-state index < -0.39 is 21.2 Å². The first-order valence-corrected chi connectivity index (χ1v) is 5.57. The molecule has 2 N–H and O–H groups in total. The number of hydrogen-bond donors (Lipinski definition) is 1. The molecule has 0 saturated carbocycles. The molecule has 0 amide bonds. The Bertz CT molecular complexity index is 512. The molecule has 0 radical (unpaired) electrons. The van der Waals surface area contributed by atoms with Crippen LogP contribution in [-0.4, -0.2) is 9.85 Å². The number of nitrogens with two attached hydrogens (primary N) is 1. The van der Waals surface area contributed by atoms with Crippen LogP contribution in [0.3, 0.4) is 0 Å². The average molecular weight is 267 g/mol. The van der Waals surface area contributed by atoms with Gasteiger partial charge < -0.3 is 5.73 Å². The molecule has 0 aliphatic rings. The van der Waals surface area contributed by atoms with Crippen molar-refractivity contribution in [2.24, 2.45) is 0 Å². The van der Waals surface area contributed by atoms with E-state index in [0.29, 0.717) is 11.1 Å². The minimum atomic E-state index is -0.727. The Kier molecular flexibility index (Phi) is 6.19. The zero-order valence-corrected chi connectivity index (χ0v) is 11.2. The summed E-state index contributed by atoms with van der Waals surface area (Å²) < 4.78 is 0. The molecule has 0 fully saturated rings. The van der Waals surface area contributed by atoms with Gasteiger partial charge in [0.2, 0.25) is 0 Å². The second-order valence-electron chi connectivity index (χ2n) is 3.81. The maximum absolute atomic E-state index is 10.7. The van der Waals surface area contributed by atoms with Gasteiger partial charge in [0.15, 0.2) is 5.69 Å². The first-order valence-electron chi connectivity index (χ1n) is 5.57. The van der Waals surface area contributed by atoms with Crippen LogP contribution in [0.4, 0.5) is 17.1 Å². The smallest absolute Gasteiger partial charge is 0.302 e. The molecule has 0 unspecified atom stereocenters. The van der Waals surface area contributed by atoms with Crippen molar-refractivity contribution in [1.82, 2.24) is 0 Å². The summed E-state index contributed by atoms with van der Waals surface area (Å²) in [7, 11) is 0. The summed E-state index contributed by atoms with van der Waals surface area (Å²) >= 11 is 0. The molecule has 1 rings (SSSR count). The van der Waals surface area contributed by atoms with Crippen molar-refractivity contribution in [2.75, 3.05) is 5.73 Å². The Hall–Kier alpha value is -2.44. The van der Waals surface area contributed by atoms with Gasteiger partial charge in [0, 0.05) is 11.6 Å². The number of nitro groups is 2. The Balaban J connectivity index is 0.000000711. The Morgan fingerprint density at radius 3 is 2.11 bits per heavy atom. The molecule has 1 aromatic rings. The number of benzene rings is 1. The molecule has 0 saturated heterocycles. The highest BCUT2D eigenvalue weighted by Crippen LogP contribution is 2.36. The van der Waals surface area contributed by atoms with Gasteiger partial charge in [0.05, 0.1) is 9.85 Å². The van der Waals surface area contributed by atoms with E-state index in [-0.39, 0.29) is 5.69 Å². The topological polar surface area (TPSA) is 112 Å². The van der Waals surface area contributed by atoms with Gasteiger partial charge >= 0.3 is 5.69 Å². The van der Waals surface area contributed by atoms with Crippen LogP contribution in [-0.2, 0) is 0 Å². The maximum atomic E-state index is 10.7. The summed E-state index contributed by atoms with van der Waals surface area (Å²) in [4.78, 5) is 19.8. The fourth-order valence-corrected chi connectivity index (χ4v) is 1.29. The fraction of sp³-hybridized carbons (Fsp3) is 0.333. The molecular weight excluding hydrogens is 250 g/mol. The summed E-state index contributed by atoms with van der Waals surface area (Å²) in [6.45, 7) is 8.61. The Morgan fingerprint density at radius 2 is 1.79 bits per heavy atom. The van der Waals surface area contributed by atoms with Gasteiger partial charge in [0.25, 0.3) is 5.69 Å². The average Bonchev–Trinajstić information content (AvgIpc) is 2.33. The van der Waals surface area contributed by atoms with Crippen LogP contribution in [0.15, 0.2) is 18.7 Å². The van der Waals surface area contributed by atoms with Gasteiger partial charge in [-0.3, -0.25) is 20.2 Å². The SMILES string of the molecule is C=CCC.Cc1cc([N+](=O)[O-])c(N)c([N+](=O)[O-])c1C. The summed E-state index contributed by atoms with van der Waals surface area (Å²) in [6.07, 6.45) is 2.96. The molecule has 19 heavy (non-hydrogen) atoms. The molecule has 0 aliphatic carbocycles. The molecule has 0 aromatic heterocycles. The number of aryl methyl sites for hydroxylation is 1. The minimum Gasteiger partial charge on any atom is -0.387 e. The van der Waals surface area contributed by atoms with E-state index in [1.807, 2.05) is 6.08 Å². The molecular formula is C12H17N3O4. The Labute approximate surface area is 111 Å². The number of rotatable bonds is 3. The lowest BCUT2D eigenvalue weighted by atomic mass is 10.1. The van der Waals surface area contributed by atoms with Gasteiger partial charge in [-0.05, 0) is 25.8 Å². The van der Waals surface area contributed by atoms with Crippen molar-refractivity contribution in [3.05, 3.63) is 50.1 Å². The predicted molar refractivity (Wildman–Crippen MR) is 74.1 cm³/mol. The fourth-order valence-electron chi connectivity index (χ4n) is 1.29. The normalized spacial score (nSPS) is 9.21. The van der Waals surface area contributed by atoms with E-state index in [9.17, 15) is 20.2 Å². The van der Waals surface area contributed by atoms with E-state index >= 15 is 0 Å². The lowest BCUT2D eigenvalue weighted by Crippen LogP contribution is -2.04. The van der Waals surface area contributed by atoms with Crippen LogP contribution in [0.25, 0.3) is 0 Å². The molecule has 0 bridgehead atoms. The molecule has 0 heterocycles. The van der Waals surface area contributed by atoms with E-state index in [1.54, 1.807) is 6.92 Å². The zero-order valence-electron chi connectivity index (χ0n) is 11.2. The third-order valence-corrected chi connectivity index (χ3v) is 2.50. The number of nitrogen functional groups attached to an aromatic ring is 1. The number of hydrogen-bond acceptors (Lipinski definition) is 5. The maximum Gasteiger partial charge on any atom is 0.302 e. The largest absolute Gasteiger partial charge is 0.387 e. The van der Waals surface area contributed by atoms with Crippen molar-refractivity contribution in [3.63, 3.8) is 0 Å². The highest BCUT2D eigenvalue weighted by Gasteiger charge is 2.26. The molecule has 0 aliphatic heterocycles. The second kappa shape index (κ2) is 7.10. The van der Waals surface area contributed by atoms with E-state index in [1.165, 1.54) is 13.0 Å². The van der Waals surface area contributed by atoms with Crippen LogP contribution >= 0.6 is 0 Å². The first-order chi connectivity index (χ1) is 8.77. The second-order valence-corrected chi connectivity index (χ2v) is 3.81. The van der Waals surface area contributed by atoms with Crippen molar-refractivity contribution >= 4 is 17.1 Å². The Morgan fingerprint density at radius 1 is 1.32 bits per heavy atom. The van der Waals surface area contributed by atoms with Crippen LogP contribution < -0.4 is 5.73 Å². The summed E-state index contributed by atoms with van der Waals surface area (Å²) in [5.74, 6) is 0. The standard InChI is InChI=1S/C8H9N3O4.C4H8/c1-4-3-6(10(12)13)7(9)8(5(4)2)11(14)15;1-3-4-2/h3H,9H2,1-2H3;3H,1,4H2,2H3. The monoisotopic (exact) mass is 267 g/mol. The molecule has 0 atom stereocenters. The molecule has 1 aromatic carbocycles. The lowest BCUT2D eigenvalue weighted by Gasteiger charge is -2.04. The highest BCUT2D eigenvalue weighted by atomic mass is 16.6.